The maximum atomic E-state index is 13.3. The maximum absolute atomic E-state index is 13.3. The molecule has 0 radical (unpaired) electrons. The summed E-state index contributed by atoms with van der Waals surface area (Å²) >= 11 is 0.927. The molecule has 1 N–H and O–H groups in total. The Morgan fingerprint density at radius 2 is 1.78 bits per heavy atom. The minimum absolute atomic E-state index is 0.0183. The van der Waals surface area contributed by atoms with Gasteiger partial charge in [-0.25, -0.2) is 9.78 Å². The van der Waals surface area contributed by atoms with Gasteiger partial charge in [0.15, 0.2) is 5.13 Å². The summed E-state index contributed by atoms with van der Waals surface area (Å²) in [5.74, 6) is -2.17. The summed E-state index contributed by atoms with van der Waals surface area (Å²) in [6, 6.07) is 8.74. The molecule has 1 aliphatic heterocycles. The molecule has 1 aliphatic rings. The van der Waals surface area contributed by atoms with Gasteiger partial charge in [-0.1, -0.05) is 36.6 Å². The lowest BCUT2D eigenvalue weighted by atomic mass is 9.96. The number of anilines is 1. The zero-order chi connectivity index (χ0) is 26.5. The molecule has 1 aromatic carbocycles. The second-order valence-electron chi connectivity index (χ2n) is 7.87. The van der Waals surface area contributed by atoms with Crippen LogP contribution in [0.15, 0.2) is 79.7 Å². The highest BCUT2D eigenvalue weighted by molar-refractivity contribution is 7.17. The third kappa shape index (κ3) is 5.05. The third-order valence-electron chi connectivity index (χ3n) is 5.47. The molecule has 0 aliphatic carbocycles. The largest absolute Gasteiger partial charge is 0.507 e. The lowest BCUT2D eigenvalue weighted by Gasteiger charge is -2.22. The van der Waals surface area contributed by atoms with Crippen LogP contribution in [0.2, 0.25) is 0 Å². The number of esters is 1. The van der Waals surface area contributed by atoms with E-state index in [1.807, 2.05) is 0 Å². The smallest absolute Gasteiger partial charge is 0.350 e. The number of ether oxygens (including phenoxy) is 2. The van der Waals surface area contributed by atoms with Gasteiger partial charge in [0.25, 0.3) is 5.78 Å². The van der Waals surface area contributed by atoms with E-state index in [4.69, 9.17) is 9.47 Å². The fourth-order valence-corrected chi connectivity index (χ4v) is 4.77. The Labute approximate surface area is 217 Å². The molecule has 2 aromatic heterocycles. The zero-order valence-electron chi connectivity index (χ0n) is 19.9. The van der Waals surface area contributed by atoms with Gasteiger partial charge in [-0.3, -0.25) is 19.5 Å². The Hall–Kier alpha value is -4.57. The number of Topliss-reactive ketones (excluding diaryl/α,β-unsaturated/α-hetero) is 1. The molecule has 1 saturated heterocycles. The molecule has 3 aromatic rings. The number of pyridine rings is 1. The van der Waals surface area contributed by atoms with Crippen molar-refractivity contribution < 1.29 is 29.0 Å². The first-order chi connectivity index (χ1) is 17.9. The van der Waals surface area contributed by atoms with E-state index in [0.29, 0.717) is 29.2 Å². The van der Waals surface area contributed by atoms with Crippen molar-refractivity contribution in [2.24, 2.45) is 0 Å². The summed E-state index contributed by atoms with van der Waals surface area (Å²) in [5, 5.41) is 11.3. The predicted molar refractivity (Wildman–Crippen MR) is 138 cm³/mol. The van der Waals surface area contributed by atoms with E-state index in [2.05, 4.69) is 23.1 Å². The van der Waals surface area contributed by atoms with Gasteiger partial charge in [0, 0.05) is 18.0 Å². The van der Waals surface area contributed by atoms with Gasteiger partial charge in [0.05, 0.1) is 17.3 Å². The maximum Gasteiger partial charge on any atom is 0.350 e. The number of carbonyl (C=O) groups is 3. The van der Waals surface area contributed by atoms with Gasteiger partial charge in [0.1, 0.15) is 29.6 Å². The van der Waals surface area contributed by atoms with E-state index in [1.54, 1.807) is 49.4 Å². The predicted octanol–water partition coefficient (Wildman–Crippen LogP) is 4.38. The molecule has 37 heavy (non-hydrogen) atoms. The van der Waals surface area contributed by atoms with Crippen molar-refractivity contribution in [2.75, 3.05) is 18.1 Å². The van der Waals surface area contributed by atoms with E-state index >= 15 is 0 Å². The lowest BCUT2D eigenvalue weighted by molar-refractivity contribution is -0.132. The number of aromatic nitrogens is 2. The Balaban J connectivity index is 1.81. The number of thiazole rings is 1. The minimum atomic E-state index is -0.998. The van der Waals surface area contributed by atoms with E-state index in [9.17, 15) is 19.5 Å². The van der Waals surface area contributed by atoms with Crippen molar-refractivity contribution in [3.05, 3.63) is 101 Å². The molecule has 3 heterocycles. The van der Waals surface area contributed by atoms with Crippen LogP contribution in [0.25, 0.3) is 5.76 Å². The van der Waals surface area contributed by atoms with Crippen LogP contribution in [-0.4, -0.2) is 45.9 Å². The molecule has 4 rings (SSSR count). The van der Waals surface area contributed by atoms with Gasteiger partial charge in [-0.2, -0.15) is 0 Å². The summed E-state index contributed by atoms with van der Waals surface area (Å²) in [6.07, 6.45) is 6.09. The molecular weight excluding hydrogens is 494 g/mol. The van der Waals surface area contributed by atoms with Crippen molar-refractivity contribution in [3.63, 3.8) is 0 Å². The number of ketones is 1. The summed E-state index contributed by atoms with van der Waals surface area (Å²) < 4.78 is 10.6. The summed E-state index contributed by atoms with van der Waals surface area (Å²) in [7, 11) is 0. The number of aliphatic hydroxyl groups excluding tert-OH is 1. The van der Waals surface area contributed by atoms with E-state index in [0.717, 1.165) is 11.3 Å². The summed E-state index contributed by atoms with van der Waals surface area (Å²) in [4.78, 5) is 48.8. The second-order valence-corrected chi connectivity index (χ2v) is 8.85. The van der Waals surface area contributed by atoms with Crippen molar-refractivity contribution in [2.45, 2.75) is 13.0 Å². The van der Waals surface area contributed by atoms with Gasteiger partial charge < -0.3 is 14.6 Å². The van der Waals surface area contributed by atoms with Gasteiger partial charge in [0.2, 0.25) is 0 Å². The first-order valence-electron chi connectivity index (χ1n) is 11.2. The minimum Gasteiger partial charge on any atom is -0.507 e. The van der Waals surface area contributed by atoms with Crippen molar-refractivity contribution >= 4 is 39.9 Å². The van der Waals surface area contributed by atoms with Crippen molar-refractivity contribution in [3.8, 4) is 5.75 Å². The molecule has 0 saturated carbocycles. The molecule has 10 heteroatoms. The van der Waals surface area contributed by atoms with Crippen molar-refractivity contribution in [1.82, 2.24) is 9.97 Å². The first-order valence-corrected chi connectivity index (χ1v) is 12.0. The second kappa shape index (κ2) is 11.0. The molecule has 1 fully saturated rings. The third-order valence-corrected chi connectivity index (χ3v) is 6.61. The number of hydrogen-bond donors (Lipinski definition) is 1. The van der Waals surface area contributed by atoms with Crippen LogP contribution in [0.1, 0.15) is 32.5 Å². The number of nitrogens with zero attached hydrogens (tertiary/aromatic N) is 3. The van der Waals surface area contributed by atoms with Crippen LogP contribution < -0.4 is 9.64 Å². The zero-order valence-corrected chi connectivity index (χ0v) is 20.7. The van der Waals surface area contributed by atoms with E-state index in [-0.39, 0.29) is 27.9 Å². The number of rotatable bonds is 9. The molecule has 1 unspecified atom stereocenters. The number of carbonyl (C=O) groups excluding carboxylic acids is 3. The number of aliphatic hydroxyl groups is 1. The highest BCUT2D eigenvalue weighted by atomic mass is 32.1. The fourth-order valence-electron chi connectivity index (χ4n) is 3.79. The SMILES string of the molecule is C=CCOC(=O)c1sc(N2C(=O)C(=O)/C(=C(/O)c3ccc(OCC=C)cc3)C2c2ccncc2)nc1C. The number of hydrogen-bond acceptors (Lipinski definition) is 9. The van der Waals surface area contributed by atoms with Gasteiger partial charge in [-0.15, -0.1) is 0 Å². The van der Waals surface area contributed by atoms with Crippen LogP contribution in [0.3, 0.4) is 0 Å². The van der Waals surface area contributed by atoms with Crippen LogP contribution >= 0.6 is 11.3 Å². The molecule has 0 bridgehead atoms. The Bertz CT molecular complexity index is 1400. The topological polar surface area (TPSA) is 119 Å². The highest BCUT2D eigenvalue weighted by Crippen LogP contribution is 2.43. The summed E-state index contributed by atoms with van der Waals surface area (Å²) in [6.45, 7) is 9.07. The fraction of sp³-hybridized carbons (Fsp3) is 0.148. The quantitative estimate of drug-likeness (QED) is 0.146. The lowest BCUT2D eigenvalue weighted by Crippen LogP contribution is -2.29. The summed E-state index contributed by atoms with van der Waals surface area (Å²) in [5.41, 5.74) is 1.09. The highest BCUT2D eigenvalue weighted by Gasteiger charge is 2.48. The first kappa shape index (κ1) is 25.5. The number of aryl methyl sites for hydroxylation is 1. The van der Waals surface area contributed by atoms with Crippen molar-refractivity contribution in [1.29, 1.82) is 0 Å². The molecule has 1 atom stereocenters. The average Bonchev–Trinajstić information content (AvgIpc) is 3.43. The van der Waals surface area contributed by atoms with Gasteiger partial charge in [-0.05, 0) is 48.9 Å². The van der Waals surface area contributed by atoms with Crippen LogP contribution in [0.5, 0.6) is 5.75 Å². The molecule has 1 amide bonds. The number of benzene rings is 1. The van der Waals surface area contributed by atoms with Crippen LogP contribution in [0.4, 0.5) is 5.13 Å². The molecule has 9 nitrogen and oxygen atoms in total. The normalized spacial score (nSPS) is 16.5. The molecular formula is C27H23N3O6S. The monoisotopic (exact) mass is 517 g/mol. The Kier molecular flexibility index (Phi) is 7.59. The average molecular weight is 518 g/mol. The molecule has 188 valence electrons. The van der Waals surface area contributed by atoms with Crippen LogP contribution in [0, 0.1) is 6.92 Å². The Morgan fingerprint density at radius 1 is 1.11 bits per heavy atom. The van der Waals surface area contributed by atoms with E-state index < -0.39 is 23.7 Å². The van der Waals surface area contributed by atoms with Crippen LogP contribution in [-0.2, 0) is 14.3 Å². The standard InChI is InChI=1S/C27H23N3O6S/c1-4-14-35-19-8-6-18(7-9-19)22(31)20-21(17-10-12-28-13-11-17)30(25(33)23(20)32)27-29-16(3)24(37-27)26(34)36-15-5-2/h4-13,21,31H,1-2,14-15H2,3H3/b22-20+. The number of amides is 1. The van der Waals surface area contributed by atoms with E-state index in [1.165, 1.54) is 23.4 Å². The molecule has 0 spiro atoms. The van der Waals surface area contributed by atoms with Gasteiger partial charge >= 0.3 is 11.9 Å². The Morgan fingerprint density at radius 3 is 2.43 bits per heavy atom.